The van der Waals surface area contributed by atoms with E-state index in [9.17, 15) is 0 Å². The number of aromatic nitrogens is 2. The van der Waals surface area contributed by atoms with Crippen LogP contribution in [0.15, 0.2) is 28.7 Å². The first kappa shape index (κ1) is 12.0. The van der Waals surface area contributed by atoms with Crippen LogP contribution in [-0.4, -0.2) is 9.78 Å². The summed E-state index contributed by atoms with van der Waals surface area (Å²) in [7, 11) is 0. The minimum atomic E-state index is 0.370. The number of aryl methyl sites for hydroxylation is 1. The van der Waals surface area contributed by atoms with Crippen LogP contribution in [0.3, 0.4) is 0 Å². The van der Waals surface area contributed by atoms with Gasteiger partial charge in [-0.25, -0.2) is 4.68 Å². The van der Waals surface area contributed by atoms with Gasteiger partial charge in [0.1, 0.15) is 5.15 Å². The summed E-state index contributed by atoms with van der Waals surface area (Å²) in [4.78, 5) is 0. The molecule has 0 saturated carbocycles. The van der Waals surface area contributed by atoms with Gasteiger partial charge in [0.2, 0.25) is 0 Å². The number of hydrogen-bond acceptors (Lipinski definition) is 1. The van der Waals surface area contributed by atoms with Gasteiger partial charge in [0.25, 0.3) is 0 Å². The highest BCUT2D eigenvalue weighted by molar-refractivity contribution is 9.10. The average Bonchev–Trinajstić information content (AvgIpc) is 2.55. The topological polar surface area (TPSA) is 17.8 Å². The number of benzene rings is 1. The molecule has 0 aliphatic rings. The zero-order chi connectivity index (χ0) is 11.7. The molecule has 0 amide bonds. The summed E-state index contributed by atoms with van der Waals surface area (Å²) in [5.41, 5.74) is 2.64. The standard InChI is InChI=1S/C11H9BrCl2N2/c1-7-8(6-13)11(14)16(15-7)10-5-3-2-4-9(10)12/h2-5H,6H2,1H3. The molecule has 0 saturated heterocycles. The van der Waals surface area contributed by atoms with Crippen molar-refractivity contribution >= 4 is 39.1 Å². The summed E-state index contributed by atoms with van der Waals surface area (Å²) >= 11 is 15.5. The Labute approximate surface area is 112 Å². The molecule has 0 radical (unpaired) electrons. The van der Waals surface area contributed by atoms with E-state index >= 15 is 0 Å². The predicted molar refractivity (Wildman–Crippen MR) is 70.6 cm³/mol. The minimum absolute atomic E-state index is 0.370. The molecular weight excluding hydrogens is 311 g/mol. The first-order valence-corrected chi connectivity index (χ1v) is 6.40. The Hall–Kier alpha value is -0.510. The van der Waals surface area contributed by atoms with Gasteiger partial charge in [-0.15, -0.1) is 11.6 Å². The first-order chi connectivity index (χ1) is 7.65. The van der Waals surface area contributed by atoms with Crippen molar-refractivity contribution in [2.45, 2.75) is 12.8 Å². The number of hydrogen-bond donors (Lipinski definition) is 0. The third-order valence-electron chi connectivity index (χ3n) is 2.34. The van der Waals surface area contributed by atoms with Crippen molar-refractivity contribution in [1.82, 2.24) is 9.78 Å². The van der Waals surface area contributed by atoms with E-state index in [0.717, 1.165) is 21.4 Å². The number of rotatable bonds is 2. The van der Waals surface area contributed by atoms with Gasteiger partial charge in [0.05, 0.1) is 17.3 Å². The molecule has 0 fully saturated rings. The lowest BCUT2D eigenvalue weighted by atomic mass is 10.3. The molecule has 0 aliphatic carbocycles. The Morgan fingerprint density at radius 2 is 2.06 bits per heavy atom. The van der Waals surface area contributed by atoms with Crippen LogP contribution in [0.5, 0.6) is 0 Å². The zero-order valence-corrected chi connectivity index (χ0v) is 11.6. The average molecular weight is 320 g/mol. The molecule has 0 spiro atoms. The molecule has 2 aromatic rings. The molecular formula is C11H9BrCl2N2. The summed E-state index contributed by atoms with van der Waals surface area (Å²) < 4.78 is 2.64. The Bertz CT molecular complexity index is 523. The zero-order valence-electron chi connectivity index (χ0n) is 8.54. The fourth-order valence-electron chi connectivity index (χ4n) is 1.47. The van der Waals surface area contributed by atoms with Crippen LogP contribution in [0.1, 0.15) is 11.3 Å². The van der Waals surface area contributed by atoms with E-state index in [4.69, 9.17) is 23.2 Å². The molecule has 0 atom stereocenters. The molecule has 0 unspecified atom stereocenters. The van der Waals surface area contributed by atoms with Gasteiger partial charge in [-0.1, -0.05) is 23.7 Å². The van der Waals surface area contributed by atoms with Gasteiger partial charge in [-0.05, 0) is 35.0 Å². The second-order valence-electron chi connectivity index (χ2n) is 3.35. The maximum absolute atomic E-state index is 6.23. The quantitative estimate of drug-likeness (QED) is 0.753. The summed E-state index contributed by atoms with van der Waals surface area (Å²) in [5.74, 6) is 0.370. The second kappa shape index (κ2) is 4.78. The van der Waals surface area contributed by atoms with E-state index in [2.05, 4.69) is 21.0 Å². The SMILES string of the molecule is Cc1nn(-c2ccccc2Br)c(Cl)c1CCl. The van der Waals surface area contributed by atoms with E-state index in [-0.39, 0.29) is 0 Å². The van der Waals surface area contributed by atoms with Gasteiger partial charge < -0.3 is 0 Å². The van der Waals surface area contributed by atoms with E-state index in [1.54, 1.807) is 4.68 Å². The number of halogens is 3. The Balaban J connectivity index is 2.62. The number of para-hydroxylation sites is 1. The molecule has 5 heteroatoms. The van der Waals surface area contributed by atoms with Crippen molar-refractivity contribution < 1.29 is 0 Å². The fraction of sp³-hybridized carbons (Fsp3) is 0.182. The molecule has 0 N–H and O–H groups in total. The van der Waals surface area contributed by atoms with Crippen LogP contribution < -0.4 is 0 Å². The van der Waals surface area contributed by atoms with Crippen LogP contribution in [0.2, 0.25) is 5.15 Å². The summed E-state index contributed by atoms with van der Waals surface area (Å²) in [6, 6.07) is 7.78. The number of alkyl halides is 1. The summed E-state index contributed by atoms with van der Waals surface area (Å²) in [6.45, 7) is 1.90. The van der Waals surface area contributed by atoms with E-state index in [1.807, 2.05) is 31.2 Å². The molecule has 2 rings (SSSR count). The van der Waals surface area contributed by atoms with Crippen LogP contribution >= 0.6 is 39.1 Å². The van der Waals surface area contributed by atoms with Crippen molar-refractivity contribution in [3.63, 3.8) is 0 Å². The third-order valence-corrected chi connectivity index (χ3v) is 3.66. The molecule has 1 aromatic heterocycles. The molecule has 1 heterocycles. The Kier molecular flexibility index (Phi) is 3.57. The van der Waals surface area contributed by atoms with Crippen LogP contribution in [0.4, 0.5) is 0 Å². The van der Waals surface area contributed by atoms with Crippen molar-refractivity contribution in [3.8, 4) is 5.69 Å². The fourth-order valence-corrected chi connectivity index (χ4v) is 2.64. The second-order valence-corrected chi connectivity index (χ2v) is 4.83. The highest BCUT2D eigenvalue weighted by Crippen LogP contribution is 2.28. The van der Waals surface area contributed by atoms with Gasteiger partial charge in [0, 0.05) is 10.0 Å². The van der Waals surface area contributed by atoms with Gasteiger partial charge in [-0.2, -0.15) is 5.10 Å². The third kappa shape index (κ3) is 1.99. The van der Waals surface area contributed by atoms with Gasteiger partial charge in [0.15, 0.2) is 0 Å². The molecule has 1 aromatic carbocycles. The van der Waals surface area contributed by atoms with Crippen molar-refractivity contribution in [2.24, 2.45) is 0 Å². The predicted octanol–water partition coefficient (Wildman–Crippen LogP) is 4.34. The maximum Gasteiger partial charge on any atom is 0.137 e. The molecule has 0 bridgehead atoms. The van der Waals surface area contributed by atoms with E-state index in [1.165, 1.54) is 0 Å². The van der Waals surface area contributed by atoms with Crippen molar-refractivity contribution in [1.29, 1.82) is 0 Å². The lowest BCUT2D eigenvalue weighted by Gasteiger charge is -2.05. The molecule has 2 nitrogen and oxygen atoms in total. The molecule has 84 valence electrons. The maximum atomic E-state index is 6.23. The Morgan fingerprint density at radius 1 is 1.38 bits per heavy atom. The van der Waals surface area contributed by atoms with Crippen LogP contribution in [0.25, 0.3) is 5.69 Å². The minimum Gasteiger partial charge on any atom is -0.220 e. The molecule has 16 heavy (non-hydrogen) atoms. The van der Waals surface area contributed by atoms with Gasteiger partial charge in [-0.3, -0.25) is 0 Å². The van der Waals surface area contributed by atoms with E-state index in [0.29, 0.717) is 11.0 Å². The lowest BCUT2D eigenvalue weighted by Crippen LogP contribution is -1.97. The van der Waals surface area contributed by atoms with Crippen molar-refractivity contribution in [3.05, 3.63) is 45.1 Å². The smallest absolute Gasteiger partial charge is 0.137 e. The highest BCUT2D eigenvalue weighted by Gasteiger charge is 2.14. The van der Waals surface area contributed by atoms with Crippen molar-refractivity contribution in [2.75, 3.05) is 0 Å². The van der Waals surface area contributed by atoms with Crippen LogP contribution in [-0.2, 0) is 5.88 Å². The summed E-state index contributed by atoms with van der Waals surface area (Å²) in [5, 5.41) is 4.95. The highest BCUT2D eigenvalue weighted by atomic mass is 79.9. The lowest BCUT2D eigenvalue weighted by molar-refractivity contribution is 0.859. The van der Waals surface area contributed by atoms with Gasteiger partial charge >= 0.3 is 0 Å². The monoisotopic (exact) mass is 318 g/mol. The normalized spacial score (nSPS) is 10.8. The summed E-state index contributed by atoms with van der Waals surface area (Å²) in [6.07, 6.45) is 0. The Morgan fingerprint density at radius 3 is 2.62 bits per heavy atom. The largest absolute Gasteiger partial charge is 0.220 e. The first-order valence-electron chi connectivity index (χ1n) is 4.70. The van der Waals surface area contributed by atoms with E-state index < -0.39 is 0 Å². The van der Waals surface area contributed by atoms with Crippen LogP contribution in [0, 0.1) is 6.92 Å². The number of nitrogens with zero attached hydrogens (tertiary/aromatic N) is 2. The molecule has 0 aliphatic heterocycles.